The average molecular weight is 847 g/mol. The molecule has 0 bridgehead atoms. The molecule has 0 aliphatic heterocycles. The average Bonchev–Trinajstić information content (AvgIpc) is 3.92. The van der Waals surface area contributed by atoms with Gasteiger partial charge in [0, 0.05) is 17.0 Å². The van der Waals surface area contributed by atoms with Gasteiger partial charge in [-0.1, -0.05) is 90.5 Å². The third-order valence-corrected chi connectivity index (χ3v) is 12.2. The zero-order chi connectivity index (χ0) is 44.4. The first-order valence-corrected chi connectivity index (χ1v) is 22.7. The van der Waals surface area contributed by atoms with Gasteiger partial charge in [0.05, 0.1) is 75.8 Å². The van der Waals surface area contributed by atoms with Crippen LogP contribution in [0.2, 0.25) is 0 Å². The number of aromatic amines is 2. The minimum Gasteiger partial charge on any atom is -0.493 e. The number of rotatable bonds is 18. The van der Waals surface area contributed by atoms with E-state index in [2.05, 4.69) is 48.6 Å². The number of ether oxygens (including phenoxy) is 2. The van der Waals surface area contributed by atoms with Gasteiger partial charge in [-0.25, -0.2) is 9.83 Å². The van der Waals surface area contributed by atoms with E-state index in [0.717, 1.165) is 94.3 Å². The number of para-hydroxylation sites is 4. The summed E-state index contributed by atoms with van der Waals surface area (Å²) < 4.78 is 12.7. The molecule has 2 N–H and O–H groups in total. The fourth-order valence-electron chi connectivity index (χ4n) is 8.34. The summed E-state index contributed by atoms with van der Waals surface area (Å²) in [4.78, 5) is 30.8. The van der Waals surface area contributed by atoms with Gasteiger partial charge in [0.15, 0.2) is 0 Å². The third kappa shape index (κ3) is 9.23. The molecule has 322 valence electrons. The Labute approximate surface area is 374 Å². The Morgan fingerprint density at radius 3 is 1.55 bits per heavy atom. The quantitative estimate of drug-likeness (QED) is 0.0822. The zero-order valence-electron chi connectivity index (χ0n) is 37.1. The number of aromatic nitrogens is 6. The van der Waals surface area contributed by atoms with Crippen LogP contribution in [-0.4, -0.2) is 43.1 Å². The normalized spacial score (nSPS) is 13.3. The molecule has 0 fully saturated rings. The van der Waals surface area contributed by atoms with Crippen LogP contribution in [0.15, 0.2) is 109 Å². The standard InChI is InChI=1S/C54H54N8O2/c1-6-10-16-35(8-3)33-63-39-26-22-37(23-27-39)50-48-49(54(62-50)53(56-5)47-32-58-43-19-13-15-21-45(43)60-47)51(38-24-28-40(29-25-38)64-34-36(9-4)17-11-7-2)61-52(48)41(30-55)46-31-57-42-18-12-14-20-44(42)59-46/h12-15,18-29,31-32,35-36,61-62H,6-11,16-17,33-34H2,1-4H3. The number of nitriles is 1. The first kappa shape index (κ1) is 43.4. The lowest BCUT2D eigenvalue weighted by atomic mass is 10.0. The second-order valence-electron chi connectivity index (χ2n) is 16.4. The monoisotopic (exact) mass is 846 g/mol. The second-order valence-corrected chi connectivity index (χ2v) is 16.4. The molecule has 0 spiro atoms. The van der Waals surface area contributed by atoms with Crippen LogP contribution >= 0.6 is 0 Å². The fraction of sp³-hybridized carbons (Fsp3) is 0.296. The van der Waals surface area contributed by atoms with Crippen molar-refractivity contribution in [1.82, 2.24) is 29.9 Å². The Balaban J connectivity index is 1.37. The summed E-state index contributed by atoms with van der Waals surface area (Å²) in [6, 6.07) is 33.8. The lowest BCUT2D eigenvalue weighted by Crippen LogP contribution is -2.12. The van der Waals surface area contributed by atoms with E-state index in [1.165, 1.54) is 12.8 Å². The maximum absolute atomic E-state index is 11.1. The molecule has 64 heavy (non-hydrogen) atoms. The molecule has 10 nitrogen and oxygen atoms in total. The predicted octanol–water partition coefficient (Wildman–Crippen LogP) is 11.7. The molecule has 0 saturated heterocycles. The van der Waals surface area contributed by atoms with Crippen molar-refractivity contribution in [3.8, 4) is 40.1 Å². The molecule has 8 aromatic rings. The number of hydrogen-bond acceptors (Lipinski definition) is 7. The van der Waals surface area contributed by atoms with E-state index >= 15 is 0 Å². The van der Waals surface area contributed by atoms with Gasteiger partial charge in [0.25, 0.3) is 0 Å². The van der Waals surface area contributed by atoms with Crippen LogP contribution in [0, 0.1) is 29.7 Å². The lowest BCUT2D eigenvalue weighted by Gasteiger charge is -2.15. The maximum Gasteiger partial charge on any atom is 0.237 e. The number of fused-ring (bicyclic) bond motifs is 3. The minimum absolute atomic E-state index is 0.292. The SMILES string of the molecule is [C-]#[N+]C(c1cnc2ccccc2n1)=c1[nH]c(-c2ccc(OCC(CC)CCCC)cc2)c2c(=C(C#N)c3cnc4ccccc4n3)[nH]c(-c3ccc(OCC(CC)CCCC)cc3)c12. The van der Waals surface area contributed by atoms with E-state index in [1.54, 1.807) is 12.4 Å². The highest BCUT2D eigenvalue weighted by Crippen LogP contribution is 2.34. The number of nitrogens with zero attached hydrogens (tertiary/aromatic N) is 6. The summed E-state index contributed by atoms with van der Waals surface area (Å²) in [5, 5.41) is 13.6. The zero-order valence-corrected chi connectivity index (χ0v) is 37.1. The van der Waals surface area contributed by atoms with Crippen molar-refractivity contribution >= 4 is 44.1 Å². The summed E-state index contributed by atoms with van der Waals surface area (Å²) in [6.07, 6.45) is 12.4. The Morgan fingerprint density at radius 2 is 1.08 bits per heavy atom. The van der Waals surface area contributed by atoms with Gasteiger partial charge < -0.3 is 19.4 Å². The van der Waals surface area contributed by atoms with Gasteiger partial charge >= 0.3 is 0 Å². The predicted molar refractivity (Wildman–Crippen MR) is 257 cm³/mol. The van der Waals surface area contributed by atoms with Crippen molar-refractivity contribution in [3.63, 3.8) is 0 Å². The molecule has 2 atom stereocenters. The smallest absolute Gasteiger partial charge is 0.237 e. The summed E-state index contributed by atoms with van der Waals surface area (Å²) in [7, 11) is 0. The molecule has 0 aliphatic carbocycles. The van der Waals surface area contributed by atoms with Gasteiger partial charge in [0.1, 0.15) is 28.8 Å². The van der Waals surface area contributed by atoms with Crippen molar-refractivity contribution in [1.29, 1.82) is 5.26 Å². The van der Waals surface area contributed by atoms with E-state index < -0.39 is 0 Å². The Hall–Kier alpha value is -7.30. The molecule has 4 heterocycles. The first-order valence-electron chi connectivity index (χ1n) is 22.7. The van der Waals surface area contributed by atoms with Crippen molar-refractivity contribution in [2.75, 3.05) is 13.2 Å². The van der Waals surface area contributed by atoms with Crippen molar-refractivity contribution in [3.05, 3.63) is 143 Å². The molecule has 4 aromatic carbocycles. The van der Waals surface area contributed by atoms with E-state index in [9.17, 15) is 5.26 Å². The lowest BCUT2D eigenvalue weighted by molar-refractivity contribution is 0.233. The summed E-state index contributed by atoms with van der Waals surface area (Å²) in [6.45, 7) is 18.9. The van der Waals surface area contributed by atoms with Crippen molar-refractivity contribution < 1.29 is 9.47 Å². The summed E-state index contributed by atoms with van der Waals surface area (Å²) >= 11 is 0. The number of benzene rings is 4. The van der Waals surface area contributed by atoms with Crippen LogP contribution in [0.1, 0.15) is 90.4 Å². The molecule has 0 amide bonds. The molecule has 10 heteroatoms. The van der Waals surface area contributed by atoms with E-state index in [0.29, 0.717) is 69.4 Å². The van der Waals surface area contributed by atoms with Gasteiger partial charge in [-0.2, -0.15) is 5.26 Å². The minimum atomic E-state index is 0.292. The third-order valence-electron chi connectivity index (χ3n) is 12.2. The van der Waals surface area contributed by atoms with E-state index in [1.807, 2.05) is 97.1 Å². The Bertz CT molecular complexity index is 2890. The van der Waals surface area contributed by atoms with Crippen molar-refractivity contribution in [2.24, 2.45) is 11.8 Å². The molecular formula is C54H54N8O2. The second kappa shape index (κ2) is 20.3. The summed E-state index contributed by atoms with van der Waals surface area (Å²) in [5.74, 6) is 2.55. The molecule has 0 radical (unpaired) electrons. The fourth-order valence-corrected chi connectivity index (χ4v) is 8.34. The van der Waals surface area contributed by atoms with Crippen LogP contribution in [-0.2, 0) is 0 Å². The van der Waals surface area contributed by atoms with Gasteiger partial charge in [-0.15, -0.1) is 0 Å². The largest absolute Gasteiger partial charge is 0.493 e. The molecule has 8 rings (SSSR count). The highest BCUT2D eigenvalue weighted by Gasteiger charge is 2.24. The molecule has 2 unspecified atom stereocenters. The molecule has 0 saturated carbocycles. The van der Waals surface area contributed by atoms with Crippen LogP contribution in [0.25, 0.3) is 71.5 Å². The van der Waals surface area contributed by atoms with Gasteiger partial charge in [-0.05, 0) is 109 Å². The van der Waals surface area contributed by atoms with Crippen LogP contribution in [0.5, 0.6) is 11.5 Å². The van der Waals surface area contributed by atoms with Gasteiger partial charge in [-0.3, -0.25) is 15.0 Å². The van der Waals surface area contributed by atoms with Crippen LogP contribution in [0.3, 0.4) is 0 Å². The Kier molecular flexibility index (Phi) is 13.7. The topological polar surface area (TPSA) is 130 Å². The summed E-state index contributed by atoms with van der Waals surface area (Å²) in [5.41, 5.74) is 7.42. The highest BCUT2D eigenvalue weighted by molar-refractivity contribution is 6.07. The van der Waals surface area contributed by atoms with Crippen molar-refractivity contribution in [2.45, 2.75) is 79.1 Å². The highest BCUT2D eigenvalue weighted by atomic mass is 16.5. The van der Waals surface area contributed by atoms with E-state index in [4.69, 9.17) is 36.0 Å². The van der Waals surface area contributed by atoms with E-state index in [-0.39, 0.29) is 0 Å². The van der Waals surface area contributed by atoms with Crippen LogP contribution < -0.4 is 20.2 Å². The molecular weight excluding hydrogens is 793 g/mol. The first-order chi connectivity index (χ1) is 31.5. The number of H-pyrrole nitrogens is 2. The molecule has 0 aliphatic rings. The van der Waals surface area contributed by atoms with Gasteiger partial charge in [0.2, 0.25) is 5.70 Å². The number of unbranched alkanes of at least 4 members (excludes halogenated alkanes) is 2. The Morgan fingerprint density at radius 1 is 0.625 bits per heavy atom. The number of nitrogens with one attached hydrogen (secondary N) is 2. The van der Waals surface area contributed by atoms with Crippen LogP contribution in [0.4, 0.5) is 0 Å². The maximum atomic E-state index is 11.1. The number of hydrogen-bond donors (Lipinski definition) is 2. The molecule has 4 aromatic heterocycles.